The summed E-state index contributed by atoms with van der Waals surface area (Å²) >= 11 is 0. The van der Waals surface area contributed by atoms with E-state index in [1.165, 1.54) is 6.20 Å². The minimum absolute atomic E-state index is 0.160. The van der Waals surface area contributed by atoms with E-state index in [2.05, 4.69) is 4.98 Å². The van der Waals surface area contributed by atoms with Crippen molar-refractivity contribution in [2.24, 2.45) is 0 Å². The summed E-state index contributed by atoms with van der Waals surface area (Å²) in [6.45, 7) is 0. The second-order valence-corrected chi connectivity index (χ2v) is 3.18. The molecule has 2 aromatic rings. The lowest BCUT2D eigenvalue weighted by atomic mass is 10.0. The van der Waals surface area contributed by atoms with Crippen molar-refractivity contribution in [3.05, 3.63) is 53.7 Å². The van der Waals surface area contributed by atoms with Crippen molar-refractivity contribution in [3.8, 4) is 11.3 Å². The Balaban J connectivity index is 2.69. The quantitative estimate of drug-likeness (QED) is 0.727. The van der Waals surface area contributed by atoms with Crippen LogP contribution in [0.1, 0.15) is 10.4 Å². The molecule has 1 heterocycles. The summed E-state index contributed by atoms with van der Waals surface area (Å²) in [7, 11) is 0. The molecule has 0 amide bonds. The molecule has 80 valence electrons. The normalized spacial score (nSPS) is 10.1. The van der Waals surface area contributed by atoms with E-state index in [-0.39, 0.29) is 11.1 Å². The number of aldehydes is 1. The number of halogens is 2. The van der Waals surface area contributed by atoms with Gasteiger partial charge in [0.25, 0.3) is 0 Å². The van der Waals surface area contributed by atoms with E-state index in [4.69, 9.17) is 0 Å². The summed E-state index contributed by atoms with van der Waals surface area (Å²) in [6.07, 6.45) is 1.85. The molecular formula is C12H7F2NO. The maximum absolute atomic E-state index is 13.3. The van der Waals surface area contributed by atoms with Gasteiger partial charge < -0.3 is 0 Å². The predicted molar refractivity (Wildman–Crippen MR) is 55.0 cm³/mol. The van der Waals surface area contributed by atoms with E-state index >= 15 is 0 Å². The van der Waals surface area contributed by atoms with E-state index in [0.29, 0.717) is 18.0 Å². The number of hydrogen-bond acceptors (Lipinski definition) is 2. The molecule has 0 aliphatic heterocycles. The molecule has 0 spiro atoms. The molecule has 1 aromatic heterocycles. The maximum atomic E-state index is 13.3. The van der Waals surface area contributed by atoms with Crippen LogP contribution < -0.4 is 0 Å². The van der Waals surface area contributed by atoms with Crippen LogP contribution in [0.5, 0.6) is 0 Å². The summed E-state index contributed by atoms with van der Waals surface area (Å²) < 4.78 is 26.3. The highest BCUT2D eigenvalue weighted by atomic mass is 19.1. The Hall–Kier alpha value is -2.10. The molecular weight excluding hydrogens is 212 g/mol. The van der Waals surface area contributed by atoms with Crippen LogP contribution in [0.25, 0.3) is 11.3 Å². The number of rotatable bonds is 2. The van der Waals surface area contributed by atoms with Gasteiger partial charge in [0.05, 0.1) is 11.3 Å². The molecule has 0 fully saturated rings. The summed E-state index contributed by atoms with van der Waals surface area (Å²) in [5.41, 5.74) is 0.344. The summed E-state index contributed by atoms with van der Waals surface area (Å²) in [5, 5.41) is 0. The van der Waals surface area contributed by atoms with E-state index in [0.717, 1.165) is 6.07 Å². The smallest absolute Gasteiger partial charge is 0.153 e. The van der Waals surface area contributed by atoms with Gasteiger partial charge in [0.2, 0.25) is 0 Å². The Bertz CT molecular complexity index is 526. The zero-order chi connectivity index (χ0) is 11.5. The van der Waals surface area contributed by atoms with Gasteiger partial charge in [0.15, 0.2) is 6.29 Å². The number of benzene rings is 1. The molecule has 4 heteroatoms. The van der Waals surface area contributed by atoms with Crippen LogP contribution >= 0.6 is 0 Å². The molecule has 0 saturated heterocycles. The van der Waals surface area contributed by atoms with Crippen LogP contribution in [-0.2, 0) is 0 Å². The second-order valence-electron chi connectivity index (χ2n) is 3.18. The first-order valence-electron chi connectivity index (χ1n) is 4.58. The van der Waals surface area contributed by atoms with Gasteiger partial charge >= 0.3 is 0 Å². The first-order valence-corrected chi connectivity index (χ1v) is 4.58. The molecule has 2 rings (SSSR count). The number of aromatic nitrogens is 1. The van der Waals surface area contributed by atoms with Gasteiger partial charge in [-0.15, -0.1) is 0 Å². The van der Waals surface area contributed by atoms with E-state index in [1.54, 1.807) is 18.2 Å². The fourth-order valence-electron chi connectivity index (χ4n) is 1.44. The van der Waals surface area contributed by atoms with Crippen molar-refractivity contribution in [1.29, 1.82) is 0 Å². The summed E-state index contributed by atoms with van der Waals surface area (Å²) in [4.78, 5) is 14.7. The molecule has 0 atom stereocenters. The van der Waals surface area contributed by atoms with Crippen molar-refractivity contribution < 1.29 is 13.6 Å². The average Bonchev–Trinajstić information content (AvgIpc) is 2.29. The third kappa shape index (κ3) is 1.82. The van der Waals surface area contributed by atoms with Crippen LogP contribution in [-0.4, -0.2) is 11.3 Å². The molecule has 2 nitrogen and oxygen atoms in total. The lowest BCUT2D eigenvalue weighted by Gasteiger charge is -2.05. The zero-order valence-electron chi connectivity index (χ0n) is 8.15. The molecule has 1 aromatic carbocycles. The molecule has 0 saturated carbocycles. The topological polar surface area (TPSA) is 30.0 Å². The highest BCUT2D eigenvalue weighted by molar-refractivity contribution is 5.86. The van der Waals surface area contributed by atoms with E-state index < -0.39 is 11.6 Å². The van der Waals surface area contributed by atoms with Gasteiger partial charge in [-0.3, -0.25) is 9.78 Å². The van der Waals surface area contributed by atoms with Crippen LogP contribution in [0.15, 0.2) is 36.5 Å². The SMILES string of the molecule is O=Cc1c(F)cc(F)cc1-c1ccccn1. The molecule has 0 aliphatic rings. The van der Waals surface area contributed by atoms with Crippen molar-refractivity contribution in [1.82, 2.24) is 4.98 Å². The molecule has 0 N–H and O–H groups in total. The summed E-state index contributed by atoms with van der Waals surface area (Å²) in [5.74, 6) is -1.61. The largest absolute Gasteiger partial charge is 0.298 e. The first-order chi connectivity index (χ1) is 7.72. The minimum atomic E-state index is -0.879. The Labute approximate surface area is 90.6 Å². The van der Waals surface area contributed by atoms with Gasteiger partial charge in [-0.25, -0.2) is 8.78 Å². The Morgan fingerprint density at radius 2 is 2.00 bits per heavy atom. The Morgan fingerprint density at radius 1 is 1.19 bits per heavy atom. The third-order valence-electron chi connectivity index (χ3n) is 2.15. The Kier molecular flexibility index (Phi) is 2.72. The first kappa shape index (κ1) is 10.4. The predicted octanol–water partition coefficient (Wildman–Crippen LogP) is 2.84. The Morgan fingerprint density at radius 3 is 2.62 bits per heavy atom. The number of pyridine rings is 1. The van der Waals surface area contributed by atoms with Gasteiger partial charge in [-0.1, -0.05) is 6.07 Å². The molecule has 0 bridgehead atoms. The second kappa shape index (κ2) is 4.18. The van der Waals surface area contributed by atoms with E-state index in [9.17, 15) is 13.6 Å². The molecule has 16 heavy (non-hydrogen) atoms. The maximum Gasteiger partial charge on any atom is 0.153 e. The van der Waals surface area contributed by atoms with Crippen molar-refractivity contribution in [2.45, 2.75) is 0 Å². The van der Waals surface area contributed by atoms with Crippen LogP contribution in [0.2, 0.25) is 0 Å². The molecule has 0 radical (unpaired) electrons. The van der Waals surface area contributed by atoms with Gasteiger partial charge in [-0.2, -0.15) is 0 Å². The van der Waals surface area contributed by atoms with Crippen LogP contribution in [0.4, 0.5) is 8.78 Å². The van der Waals surface area contributed by atoms with E-state index in [1.807, 2.05) is 0 Å². The van der Waals surface area contributed by atoms with Crippen LogP contribution in [0.3, 0.4) is 0 Å². The third-order valence-corrected chi connectivity index (χ3v) is 2.15. The minimum Gasteiger partial charge on any atom is -0.298 e. The number of nitrogens with zero attached hydrogens (tertiary/aromatic N) is 1. The number of carbonyl (C=O) groups is 1. The summed E-state index contributed by atoms with van der Waals surface area (Å²) in [6, 6.07) is 6.71. The van der Waals surface area contributed by atoms with Crippen LogP contribution in [0, 0.1) is 11.6 Å². The van der Waals surface area contributed by atoms with Crippen molar-refractivity contribution >= 4 is 6.29 Å². The monoisotopic (exact) mass is 219 g/mol. The van der Waals surface area contributed by atoms with Gasteiger partial charge in [0.1, 0.15) is 11.6 Å². The van der Waals surface area contributed by atoms with Crippen molar-refractivity contribution in [2.75, 3.05) is 0 Å². The zero-order valence-corrected chi connectivity index (χ0v) is 8.15. The lowest BCUT2D eigenvalue weighted by Crippen LogP contribution is -1.96. The number of hydrogen-bond donors (Lipinski definition) is 0. The van der Waals surface area contributed by atoms with Crippen molar-refractivity contribution in [3.63, 3.8) is 0 Å². The number of carbonyl (C=O) groups excluding carboxylic acids is 1. The van der Waals surface area contributed by atoms with Gasteiger partial charge in [0, 0.05) is 17.8 Å². The highest BCUT2D eigenvalue weighted by Gasteiger charge is 2.12. The fraction of sp³-hybridized carbons (Fsp3) is 0. The lowest BCUT2D eigenvalue weighted by molar-refractivity contribution is 0.112. The average molecular weight is 219 g/mol. The highest BCUT2D eigenvalue weighted by Crippen LogP contribution is 2.23. The fourth-order valence-corrected chi connectivity index (χ4v) is 1.44. The molecule has 0 aliphatic carbocycles. The molecule has 0 unspecified atom stereocenters. The standard InChI is InChI=1S/C12H7F2NO/c13-8-5-9(10(7-16)11(14)6-8)12-3-1-2-4-15-12/h1-7H. The van der Waals surface area contributed by atoms with Gasteiger partial charge in [-0.05, 0) is 18.2 Å².